The summed E-state index contributed by atoms with van der Waals surface area (Å²) in [5.74, 6) is 0. The largest absolute Gasteiger partial charge is 0.367 e. The summed E-state index contributed by atoms with van der Waals surface area (Å²) in [6.45, 7) is 1.97. The predicted molar refractivity (Wildman–Crippen MR) is 79.2 cm³/mol. The van der Waals surface area contributed by atoms with E-state index in [-0.39, 0.29) is 11.3 Å². The minimum absolute atomic E-state index is 0.115. The first kappa shape index (κ1) is 13.8. The molecule has 0 spiro atoms. The van der Waals surface area contributed by atoms with Crippen molar-refractivity contribution < 1.29 is 4.92 Å². The molecule has 0 amide bonds. The highest BCUT2D eigenvalue weighted by Crippen LogP contribution is 2.34. The SMILES string of the molecule is N#Cc1cc(N(CC2CCCN2)C2CC2)ccc1[N+](=O)[O-]. The van der Waals surface area contributed by atoms with Gasteiger partial charge in [-0.1, -0.05) is 0 Å². The Balaban J connectivity index is 1.85. The molecule has 1 aliphatic heterocycles. The van der Waals surface area contributed by atoms with Crippen molar-refractivity contribution in [2.75, 3.05) is 18.0 Å². The second-order valence-corrected chi connectivity index (χ2v) is 5.75. The molecule has 1 aromatic rings. The quantitative estimate of drug-likeness (QED) is 0.662. The minimum Gasteiger partial charge on any atom is -0.367 e. The first-order valence-electron chi connectivity index (χ1n) is 7.37. The van der Waals surface area contributed by atoms with Crippen molar-refractivity contribution in [3.8, 4) is 6.07 Å². The fourth-order valence-electron chi connectivity index (χ4n) is 2.95. The van der Waals surface area contributed by atoms with Crippen LogP contribution in [0.1, 0.15) is 31.2 Å². The molecule has 1 aromatic carbocycles. The van der Waals surface area contributed by atoms with Gasteiger partial charge >= 0.3 is 0 Å². The Morgan fingerprint density at radius 3 is 2.81 bits per heavy atom. The summed E-state index contributed by atoms with van der Waals surface area (Å²) in [6.07, 6.45) is 4.69. The number of anilines is 1. The molecule has 1 heterocycles. The van der Waals surface area contributed by atoms with Gasteiger partial charge in [-0.3, -0.25) is 10.1 Å². The van der Waals surface area contributed by atoms with E-state index in [4.69, 9.17) is 5.26 Å². The molecule has 6 nitrogen and oxygen atoms in total. The van der Waals surface area contributed by atoms with Gasteiger partial charge in [0.15, 0.2) is 0 Å². The molecule has 2 aliphatic rings. The van der Waals surface area contributed by atoms with Crippen molar-refractivity contribution in [1.82, 2.24) is 5.32 Å². The third-order valence-electron chi connectivity index (χ3n) is 4.20. The van der Waals surface area contributed by atoms with Crippen LogP contribution in [0.25, 0.3) is 0 Å². The molecule has 1 unspecified atom stereocenters. The summed E-state index contributed by atoms with van der Waals surface area (Å²) >= 11 is 0. The predicted octanol–water partition coefficient (Wildman–Crippen LogP) is 2.19. The first-order valence-corrected chi connectivity index (χ1v) is 7.37. The van der Waals surface area contributed by atoms with Gasteiger partial charge in [-0.05, 0) is 44.4 Å². The topological polar surface area (TPSA) is 82.2 Å². The number of benzene rings is 1. The number of nitrogens with one attached hydrogen (secondary N) is 1. The van der Waals surface area contributed by atoms with E-state index in [0.29, 0.717) is 12.1 Å². The lowest BCUT2D eigenvalue weighted by atomic mass is 10.1. The number of nitro groups is 1. The minimum atomic E-state index is -0.498. The average molecular weight is 286 g/mol. The highest BCUT2D eigenvalue weighted by molar-refractivity contribution is 5.60. The molecular weight excluding hydrogens is 268 g/mol. The summed E-state index contributed by atoms with van der Waals surface area (Å²) in [4.78, 5) is 12.7. The Labute approximate surface area is 123 Å². The van der Waals surface area contributed by atoms with Gasteiger partial charge in [0.25, 0.3) is 5.69 Å². The maximum atomic E-state index is 10.9. The summed E-state index contributed by atoms with van der Waals surface area (Å²) < 4.78 is 0. The van der Waals surface area contributed by atoms with Gasteiger partial charge in [-0.2, -0.15) is 5.26 Å². The van der Waals surface area contributed by atoms with Crippen LogP contribution in [0, 0.1) is 21.4 Å². The van der Waals surface area contributed by atoms with E-state index in [0.717, 1.165) is 31.6 Å². The van der Waals surface area contributed by atoms with Crippen LogP contribution in [0.3, 0.4) is 0 Å². The van der Waals surface area contributed by atoms with Crippen LogP contribution in [0.5, 0.6) is 0 Å². The second kappa shape index (κ2) is 5.70. The fourth-order valence-corrected chi connectivity index (χ4v) is 2.95. The molecule has 1 saturated carbocycles. The summed E-state index contributed by atoms with van der Waals surface area (Å²) in [5, 5.41) is 23.5. The van der Waals surface area contributed by atoms with Gasteiger partial charge in [0.2, 0.25) is 0 Å². The van der Waals surface area contributed by atoms with Crippen LogP contribution in [0.2, 0.25) is 0 Å². The Morgan fingerprint density at radius 2 is 2.24 bits per heavy atom. The summed E-state index contributed by atoms with van der Waals surface area (Å²) in [7, 11) is 0. The van der Waals surface area contributed by atoms with Gasteiger partial charge in [0.1, 0.15) is 11.6 Å². The van der Waals surface area contributed by atoms with Crippen molar-refractivity contribution >= 4 is 11.4 Å². The molecule has 0 bridgehead atoms. The second-order valence-electron chi connectivity index (χ2n) is 5.75. The van der Waals surface area contributed by atoms with Gasteiger partial charge in [-0.15, -0.1) is 0 Å². The van der Waals surface area contributed by atoms with Crippen LogP contribution >= 0.6 is 0 Å². The molecule has 6 heteroatoms. The van der Waals surface area contributed by atoms with E-state index in [1.165, 1.54) is 18.9 Å². The lowest BCUT2D eigenvalue weighted by Gasteiger charge is -2.28. The maximum Gasteiger partial charge on any atom is 0.287 e. The van der Waals surface area contributed by atoms with Crippen molar-refractivity contribution in [1.29, 1.82) is 5.26 Å². The molecule has 1 N–H and O–H groups in total. The Bertz CT molecular complexity index is 586. The zero-order valence-corrected chi connectivity index (χ0v) is 11.8. The number of hydrogen-bond donors (Lipinski definition) is 1. The summed E-state index contributed by atoms with van der Waals surface area (Å²) in [5.41, 5.74) is 0.951. The Morgan fingerprint density at radius 1 is 1.43 bits per heavy atom. The Kier molecular flexibility index (Phi) is 3.76. The van der Waals surface area contributed by atoms with E-state index >= 15 is 0 Å². The van der Waals surface area contributed by atoms with Crippen molar-refractivity contribution in [2.24, 2.45) is 0 Å². The van der Waals surface area contributed by atoms with Crippen LogP contribution in [-0.2, 0) is 0 Å². The van der Waals surface area contributed by atoms with E-state index in [9.17, 15) is 10.1 Å². The van der Waals surface area contributed by atoms with Crippen molar-refractivity contribution in [3.05, 3.63) is 33.9 Å². The number of rotatable bonds is 5. The molecule has 2 fully saturated rings. The standard InChI is InChI=1S/C15H18N4O2/c16-9-11-8-14(5-6-15(11)19(20)21)18(13-3-4-13)10-12-2-1-7-17-12/h5-6,8,12-13,17H,1-4,7,10H2. The monoisotopic (exact) mass is 286 g/mol. The van der Waals surface area contributed by atoms with E-state index < -0.39 is 4.92 Å². The highest BCUT2D eigenvalue weighted by Gasteiger charge is 2.32. The number of nitrogens with zero attached hydrogens (tertiary/aromatic N) is 3. The van der Waals surface area contributed by atoms with Crippen molar-refractivity contribution in [3.63, 3.8) is 0 Å². The zero-order valence-electron chi connectivity index (χ0n) is 11.8. The highest BCUT2D eigenvalue weighted by atomic mass is 16.6. The summed E-state index contributed by atoms with van der Waals surface area (Å²) in [6, 6.07) is 7.81. The number of nitriles is 1. The first-order chi connectivity index (χ1) is 10.2. The average Bonchev–Trinajstić information content (AvgIpc) is 3.20. The normalized spacial score (nSPS) is 21.0. The number of hydrogen-bond acceptors (Lipinski definition) is 5. The van der Waals surface area contributed by atoms with Crippen LogP contribution in [0.15, 0.2) is 18.2 Å². The van der Waals surface area contributed by atoms with Gasteiger partial charge in [-0.25, -0.2) is 0 Å². The molecule has 21 heavy (non-hydrogen) atoms. The van der Waals surface area contributed by atoms with E-state index in [1.54, 1.807) is 12.1 Å². The smallest absolute Gasteiger partial charge is 0.287 e. The molecule has 0 radical (unpaired) electrons. The molecule has 110 valence electrons. The zero-order chi connectivity index (χ0) is 14.8. The lowest BCUT2D eigenvalue weighted by Crippen LogP contribution is -2.39. The fraction of sp³-hybridized carbons (Fsp3) is 0.533. The molecule has 3 rings (SSSR count). The van der Waals surface area contributed by atoms with Crippen molar-refractivity contribution in [2.45, 2.75) is 37.8 Å². The van der Waals surface area contributed by atoms with E-state index in [1.807, 2.05) is 6.07 Å². The molecule has 1 aliphatic carbocycles. The molecule has 1 atom stereocenters. The van der Waals surface area contributed by atoms with Gasteiger partial charge in [0, 0.05) is 30.4 Å². The van der Waals surface area contributed by atoms with E-state index in [2.05, 4.69) is 10.2 Å². The van der Waals surface area contributed by atoms with Crippen LogP contribution in [-0.4, -0.2) is 30.1 Å². The number of nitro benzene ring substituents is 1. The van der Waals surface area contributed by atoms with Gasteiger partial charge < -0.3 is 10.2 Å². The van der Waals surface area contributed by atoms with Gasteiger partial charge in [0.05, 0.1) is 4.92 Å². The third kappa shape index (κ3) is 2.98. The van der Waals surface area contributed by atoms with Crippen LogP contribution in [0.4, 0.5) is 11.4 Å². The lowest BCUT2D eigenvalue weighted by molar-refractivity contribution is -0.385. The molecule has 1 saturated heterocycles. The maximum absolute atomic E-state index is 10.9. The Hall–Kier alpha value is -2.13. The third-order valence-corrected chi connectivity index (χ3v) is 4.20. The molecule has 0 aromatic heterocycles. The molecular formula is C15H18N4O2. The van der Waals surface area contributed by atoms with Crippen LogP contribution < -0.4 is 10.2 Å².